The van der Waals surface area contributed by atoms with Crippen molar-refractivity contribution in [3.8, 4) is 11.5 Å². The second kappa shape index (κ2) is 11.4. The molecule has 0 amide bonds. The Morgan fingerprint density at radius 3 is 2.28 bits per heavy atom. The molecule has 3 aromatic carbocycles. The van der Waals surface area contributed by atoms with Gasteiger partial charge in [0.25, 0.3) is 0 Å². The highest BCUT2D eigenvalue weighted by atomic mass is 35.5. The lowest BCUT2D eigenvalue weighted by atomic mass is 10.1. The smallest absolute Gasteiger partial charge is 0.166 e. The standard InChI is InChI=1S/C24H26FNO2.ClH/c1-3-27-23-10-6-8-20(16-26-15-19-13-11-18(2)12-14-19)24(23)28-17-21-7-4-5-9-22(21)25;/h4-14,26H,3,15-17H2,1-2H3;1H. The Morgan fingerprint density at radius 1 is 0.828 bits per heavy atom. The van der Waals surface area contributed by atoms with Crippen LogP contribution >= 0.6 is 12.4 Å². The van der Waals surface area contributed by atoms with Crippen LogP contribution in [0.3, 0.4) is 0 Å². The van der Waals surface area contributed by atoms with Crippen LogP contribution in [0.4, 0.5) is 4.39 Å². The molecule has 0 spiro atoms. The number of nitrogens with one attached hydrogen (secondary N) is 1. The minimum absolute atomic E-state index is 0. The maximum Gasteiger partial charge on any atom is 0.166 e. The molecule has 0 bridgehead atoms. The van der Waals surface area contributed by atoms with Gasteiger partial charge in [-0.2, -0.15) is 0 Å². The summed E-state index contributed by atoms with van der Waals surface area (Å²) in [6.07, 6.45) is 0. The van der Waals surface area contributed by atoms with Crippen molar-refractivity contribution in [1.82, 2.24) is 5.32 Å². The first-order valence-corrected chi connectivity index (χ1v) is 9.54. The van der Waals surface area contributed by atoms with E-state index in [1.165, 1.54) is 17.2 Å². The molecule has 0 saturated heterocycles. The third kappa shape index (κ3) is 6.48. The fourth-order valence-electron chi connectivity index (χ4n) is 2.95. The summed E-state index contributed by atoms with van der Waals surface area (Å²) in [6.45, 7) is 6.09. The summed E-state index contributed by atoms with van der Waals surface area (Å²) in [5.41, 5.74) is 3.97. The van der Waals surface area contributed by atoms with Crippen LogP contribution in [-0.4, -0.2) is 6.61 Å². The molecule has 0 heterocycles. The minimum atomic E-state index is -0.268. The first-order chi connectivity index (χ1) is 13.7. The molecule has 0 atom stereocenters. The number of aryl methyl sites for hydroxylation is 1. The van der Waals surface area contributed by atoms with E-state index in [1.54, 1.807) is 18.2 Å². The number of benzene rings is 3. The van der Waals surface area contributed by atoms with E-state index in [-0.39, 0.29) is 24.8 Å². The molecule has 0 unspecified atom stereocenters. The molecule has 5 heteroatoms. The quantitative estimate of drug-likeness (QED) is 0.477. The van der Waals surface area contributed by atoms with Crippen molar-refractivity contribution in [2.24, 2.45) is 0 Å². The van der Waals surface area contributed by atoms with E-state index in [2.05, 4.69) is 36.5 Å². The van der Waals surface area contributed by atoms with Crippen LogP contribution in [0.25, 0.3) is 0 Å². The van der Waals surface area contributed by atoms with Gasteiger partial charge in [0.05, 0.1) is 6.61 Å². The van der Waals surface area contributed by atoms with Crippen molar-refractivity contribution < 1.29 is 13.9 Å². The number of ether oxygens (including phenoxy) is 2. The van der Waals surface area contributed by atoms with Crippen LogP contribution < -0.4 is 14.8 Å². The number of hydrogen-bond acceptors (Lipinski definition) is 3. The van der Waals surface area contributed by atoms with Crippen molar-refractivity contribution in [2.75, 3.05) is 6.61 Å². The number of halogens is 2. The number of hydrogen-bond donors (Lipinski definition) is 1. The van der Waals surface area contributed by atoms with E-state index in [0.29, 0.717) is 30.2 Å². The molecule has 154 valence electrons. The largest absolute Gasteiger partial charge is 0.490 e. The Labute approximate surface area is 178 Å². The molecule has 29 heavy (non-hydrogen) atoms. The SMILES string of the molecule is CCOc1cccc(CNCc2ccc(C)cc2)c1OCc1ccccc1F.Cl. The van der Waals surface area contributed by atoms with Crippen LogP contribution in [0.1, 0.15) is 29.2 Å². The van der Waals surface area contributed by atoms with Crippen molar-refractivity contribution in [2.45, 2.75) is 33.5 Å². The second-order valence-electron chi connectivity index (χ2n) is 6.65. The zero-order valence-electron chi connectivity index (χ0n) is 16.8. The molecule has 0 fully saturated rings. The van der Waals surface area contributed by atoms with Gasteiger partial charge < -0.3 is 14.8 Å². The minimum Gasteiger partial charge on any atom is -0.490 e. The highest BCUT2D eigenvalue weighted by Gasteiger charge is 2.12. The fraction of sp³-hybridized carbons (Fsp3) is 0.250. The van der Waals surface area contributed by atoms with Gasteiger partial charge >= 0.3 is 0 Å². The third-order valence-corrected chi connectivity index (χ3v) is 4.46. The Hall–Kier alpha value is -2.56. The zero-order valence-corrected chi connectivity index (χ0v) is 17.6. The molecule has 3 rings (SSSR count). The van der Waals surface area contributed by atoms with Gasteiger partial charge in [-0.15, -0.1) is 12.4 Å². The summed E-state index contributed by atoms with van der Waals surface area (Å²) in [4.78, 5) is 0. The van der Waals surface area contributed by atoms with Crippen LogP contribution in [0.15, 0.2) is 66.7 Å². The summed E-state index contributed by atoms with van der Waals surface area (Å²) in [6, 6.07) is 20.9. The van der Waals surface area contributed by atoms with E-state index < -0.39 is 0 Å². The zero-order chi connectivity index (χ0) is 19.8. The lowest BCUT2D eigenvalue weighted by molar-refractivity contribution is 0.262. The van der Waals surface area contributed by atoms with Gasteiger partial charge in [0.15, 0.2) is 11.5 Å². The highest BCUT2D eigenvalue weighted by Crippen LogP contribution is 2.32. The van der Waals surface area contributed by atoms with Gasteiger partial charge in [0.1, 0.15) is 12.4 Å². The van der Waals surface area contributed by atoms with Crippen LogP contribution in [0.5, 0.6) is 11.5 Å². The van der Waals surface area contributed by atoms with Crippen molar-refractivity contribution in [3.05, 3.63) is 94.8 Å². The average molecular weight is 416 g/mol. The third-order valence-electron chi connectivity index (χ3n) is 4.46. The topological polar surface area (TPSA) is 30.5 Å². The molecule has 0 saturated carbocycles. The highest BCUT2D eigenvalue weighted by molar-refractivity contribution is 5.85. The van der Waals surface area contributed by atoms with Gasteiger partial charge in [0, 0.05) is 24.2 Å². The van der Waals surface area contributed by atoms with Crippen molar-refractivity contribution in [3.63, 3.8) is 0 Å². The van der Waals surface area contributed by atoms with Crippen LogP contribution in [0, 0.1) is 12.7 Å². The summed E-state index contributed by atoms with van der Waals surface area (Å²) < 4.78 is 25.7. The van der Waals surface area contributed by atoms with Crippen LogP contribution in [0.2, 0.25) is 0 Å². The molecular weight excluding hydrogens is 389 g/mol. The van der Waals surface area contributed by atoms with E-state index in [0.717, 1.165) is 12.1 Å². The van der Waals surface area contributed by atoms with Gasteiger partial charge in [-0.1, -0.05) is 60.2 Å². The maximum absolute atomic E-state index is 13.9. The predicted octanol–water partition coefficient (Wildman–Crippen LogP) is 5.82. The summed E-state index contributed by atoms with van der Waals surface area (Å²) in [5, 5.41) is 3.45. The van der Waals surface area contributed by atoms with E-state index in [9.17, 15) is 4.39 Å². The van der Waals surface area contributed by atoms with Gasteiger partial charge in [-0.25, -0.2) is 4.39 Å². The monoisotopic (exact) mass is 415 g/mol. The first kappa shape index (κ1) is 22.7. The average Bonchev–Trinajstić information content (AvgIpc) is 2.70. The Balaban J connectivity index is 0.00000300. The van der Waals surface area contributed by atoms with Crippen LogP contribution in [-0.2, 0) is 19.7 Å². The summed E-state index contributed by atoms with van der Waals surface area (Å²) >= 11 is 0. The van der Waals surface area contributed by atoms with Crippen molar-refractivity contribution >= 4 is 12.4 Å². The Morgan fingerprint density at radius 2 is 1.55 bits per heavy atom. The summed E-state index contributed by atoms with van der Waals surface area (Å²) in [5.74, 6) is 1.06. The first-order valence-electron chi connectivity index (χ1n) is 9.54. The van der Waals surface area contributed by atoms with Gasteiger partial charge in [-0.05, 0) is 31.5 Å². The second-order valence-corrected chi connectivity index (χ2v) is 6.65. The molecule has 0 aliphatic carbocycles. The lowest BCUT2D eigenvalue weighted by Crippen LogP contribution is -2.14. The Bertz CT molecular complexity index is 900. The van der Waals surface area contributed by atoms with Crippen molar-refractivity contribution in [1.29, 1.82) is 0 Å². The van der Waals surface area contributed by atoms with Gasteiger partial charge in [0.2, 0.25) is 0 Å². The predicted molar refractivity (Wildman–Crippen MR) is 117 cm³/mol. The maximum atomic E-state index is 13.9. The normalized spacial score (nSPS) is 10.3. The molecule has 0 aliphatic rings. The molecule has 0 aromatic heterocycles. The van der Waals surface area contributed by atoms with E-state index in [1.807, 2.05) is 25.1 Å². The van der Waals surface area contributed by atoms with E-state index in [4.69, 9.17) is 9.47 Å². The molecule has 3 aromatic rings. The van der Waals surface area contributed by atoms with Gasteiger partial charge in [-0.3, -0.25) is 0 Å². The molecule has 0 radical (unpaired) electrons. The molecule has 3 nitrogen and oxygen atoms in total. The van der Waals surface area contributed by atoms with E-state index >= 15 is 0 Å². The lowest BCUT2D eigenvalue weighted by Gasteiger charge is -2.17. The number of para-hydroxylation sites is 1. The molecular formula is C24H27ClFNO2. The Kier molecular flexibility index (Phi) is 8.97. The fourth-order valence-corrected chi connectivity index (χ4v) is 2.95. The summed E-state index contributed by atoms with van der Waals surface area (Å²) in [7, 11) is 0. The molecule has 0 aliphatic heterocycles. The molecule has 1 N–H and O–H groups in total. The number of rotatable bonds is 9.